The minimum atomic E-state index is 0.982. The van der Waals surface area contributed by atoms with Crippen LogP contribution in [0.3, 0.4) is 0 Å². The Kier molecular flexibility index (Phi) is 8.22. The molecule has 0 saturated carbocycles. The first kappa shape index (κ1) is 36.2. The van der Waals surface area contributed by atoms with Gasteiger partial charge in [-0.25, -0.2) is 4.98 Å². The number of rotatable bonds is 5. The van der Waals surface area contributed by atoms with Crippen molar-refractivity contribution in [3.05, 3.63) is 237 Å². The lowest BCUT2D eigenvalue weighted by Crippen LogP contribution is -2.11. The molecule has 298 valence electrons. The molecule has 0 aliphatic carbocycles. The predicted molar refractivity (Wildman–Crippen MR) is 269 cm³/mol. The van der Waals surface area contributed by atoms with Gasteiger partial charge in [0, 0.05) is 49.8 Å². The number of nitrogens with zero attached hydrogens (tertiary/aromatic N) is 3. The van der Waals surface area contributed by atoms with Crippen LogP contribution in [0.15, 0.2) is 237 Å². The molecule has 0 spiro atoms. The molecule has 0 radical (unpaired) electrons. The summed E-state index contributed by atoms with van der Waals surface area (Å²) in [6.45, 7) is 0. The molecule has 0 bridgehead atoms. The topological polar surface area (TPSA) is 21.1 Å². The van der Waals surface area contributed by atoms with Crippen LogP contribution in [0.5, 0.6) is 0 Å². The number of anilines is 3. The molecule has 0 fully saturated rings. The van der Waals surface area contributed by atoms with E-state index >= 15 is 0 Å². The van der Waals surface area contributed by atoms with Crippen molar-refractivity contribution in [2.24, 2.45) is 0 Å². The molecule has 1 aliphatic rings. The summed E-state index contributed by atoms with van der Waals surface area (Å²) >= 11 is 0. The van der Waals surface area contributed by atoms with E-state index in [1.165, 1.54) is 71.7 Å². The number of aromatic nitrogens is 2. The van der Waals surface area contributed by atoms with Crippen LogP contribution in [0.25, 0.3) is 105 Å². The fourth-order valence-electron chi connectivity index (χ4n) is 10.2. The Morgan fingerprint density at radius 2 is 0.953 bits per heavy atom. The summed E-state index contributed by atoms with van der Waals surface area (Å²) in [5.41, 5.74) is 18.3. The van der Waals surface area contributed by atoms with Crippen LogP contribution >= 0.6 is 0 Å². The number of benzene rings is 10. The first-order chi connectivity index (χ1) is 31.8. The maximum Gasteiger partial charge on any atom is 0.0788 e. The molecule has 0 amide bonds. The van der Waals surface area contributed by atoms with Crippen LogP contribution in [0.4, 0.5) is 17.1 Å². The molecule has 64 heavy (non-hydrogen) atoms. The van der Waals surface area contributed by atoms with Crippen molar-refractivity contribution in [1.29, 1.82) is 0 Å². The first-order valence-electron chi connectivity index (χ1n) is 22.0. The number of para-hydroxylation sites is 4. The molecule has 3 heteroatoms. The van der Waals surface area contributed by atoms with E-state index in [-0.39, 0.29) is 0 Å². The highest BCUT2D eigenvalue weighted by atomic mass is 15.2. The van der Waals surface area contributed by atoms with Crippen molar-refractivity contribution in [1.82, 2.24) is 9.55 Å². The zero-order chi connectivity index (χ0) is 42.1. The Balaban J connectivity index is 0.986. The number of hydrogen-bond acceptors (Lipinski definition) is 2. The summed E-state index contributed by atoms with van der Waals surface area (Å²) in [4.78, 5) is 7.76. The van der Waals surface area contributed by atoms with Gasteiger partial charge in [0.25, 0.3) is 0 Å². The molecular formula is C61H39N3. The van der Waals surface area contributed by atoms with Crippen molar-refractivity contribution < 1.29 is 0 Å². The third kappa shape index (κ3) is 5.65. The average Bonchev–Trinajstić information content (AvgIpc) is 3.65. The highest BCUT2D eigenvalue weighted by Crippen LogP contribution is 2.54. The molecule has 3 heterocycles. The zero-order valence-corrected chi connectivity index (χ0v) is 34.9. The summed E-state index contributed by atoms with van der Waals surface area (Å²) in [6.07, 6.45) is 0. The Bertz CT molecular complexity index is 3780. The van der Waals surface area contributed by atoms with Crippen molar-refractivity contribution in [2.45, 2.75) is 0 Å². The molecule has 12 aromatic rings. The van der Waals surface area contributed by atoms with E-state index in [1.807, 2.05) is 0 Å². The molecule has 0 saturated heterocycles. The van der Waals surface area contributed by atoms with Crippen molar-refractivity contribution in [2.75, 3.05) is 4.90 Å². The Morgan fingerprint density at radius 3 is 1.81 bits per heavy atom. The van der Waals surface area contributed by atoms with Gasteiger partial charge in [-0.3, -0.25) is 0 Å². The van der Waals surface area contributed by atoms with Gasteiger partial charge in [0.1, 0.15) is 0 Å². The number of pyridine rings is 1. The van der Waals surface area contributed by atoms with Gasteiger partial charge in [0.15, 0.2) is 0 Å². The van der Waals surface area contributed by atoms with Crippen LogP contribution < -0.4 is 4.90 Å². The van der Waals surface area contributed by atoms with Gasteiger partial charge in [-0.2, -0.15) is 0 Å². The molecule has 2 aromatic heterocycles. The lowest BCUT2D eigenvalue weighted by atomic mass is 9.96. The number of hydrogen-bond donors (Lipinski definition) is 0. The number of fused-ring (bicyclic) bond motifs is 11. The van der Waals surface area contributed by atoms with E-state index in [1.54, 1.807) is 0 Å². The summed E-state index contributed by atoms with van der Waals surface area (Å²) in [6, 6.07) is 85.9. The fraction of sp³-hybridized carbons (Fsp3) is 0. The molecule has 0 unspecified atom stereocenters. The lowest BCUT2D eigenvalue weighted by molar-refractivity contribution is 1.13. The standard InChI is InChI=1S/C61H39N3/c1-2-16-40(17-3-1)43-34-37-50-54(39-43)49-23-6-10-28-55(49)62-60(50)42-32-35-45(36-33-42)63-56-29-11-7-24-51(56)59-52-25-8-12-30-57(52)64(61(59)53-26-9-13-31-58(53)63)46-21-14-20-44(38-46)48-27-15-19-41-18-4-5-22-47(41)48/h1-39H. The van der Waals surface area contributed by atoms with E-state index in [9.17, 15) is 0 Å². The molecule has 10 aromatic carbocycles. The normalized spacial score (nSPS) is 12.0. The van der Waals surface area contributed by atoms with E-state index in [4.69, 9.17) is 4.98 Å². The third-order valence-electron chi connectivity index (χ3n) is 13.1. The second kappa shape index (κ2) is 14.5. The summed E-state index contributed by atoms with van der Waals surface area (Å²) in [7, 11) is 0. The maximum atomic E-state index is 5.32. The highest BCUT2D eigenvalue weighted by molar-refractivity contribution is 6.14. The Labute approximate surface area is 371 Å². The van der Waals surface area contributed by atoms with Gasteiger partial charge in [-0.05, 0) is 93.0 Å². The van der Waals surface area contributed by atoms with E-state index in [0.717, 1.165) is 50.3 Å². The van der Waals surface area contributed by atoms with Crippen molar-refractivity contribution in [3.8, 4) is 61.6 Å². The fourth-order valence-corrected chi connectivity index (χ4v) is 10.2. The Hall–Kier alpha value is -8.53. The van der Waals surface area contributed by atoms with E-state index in [2.05, 4.69) is 246 Å². The Morgan fingerprint density at radius 1 is 0.328 bits per heavy atom. The SMILES string of the molecule is c1ccc(-c2ccc3c(-c4ccc(N5c6ccccc6-c6c(n(-c7cccc(-c8cccc9ccccc89)c7)c7ccccc67)-c6ccccc65)cc4)nc4ccccc4c3c2)cc1. The van der Waals surface area contributed by atoms with Crippen LogP contribution in [-0.2, 0) is 0 Å². The molecule has 3 nitrogen and oxygen atoms in total. The first-order valence-corrected chi connectivity index (χ1v) is 22.0. The minimum Gasteiger partial charge on any atom is -0.309 e. The molecule has 13 rings (SSSR count). The van der Waals surface area contributed by atoms with Crippen LogP contribution in [0, 0.1) is 0 Å². The quantitative estimate of drug-likeness (QED) is 0.161. The monoisotopic (exact) mass is 813 g/mol. The molecule has 1 aliphatic heterocycles. The van der Waals surface area contributed by atoms with Gasteiger partial charge in [-0.15, -0.1) is 0 Å². The van der Waals surface area contributed by atoms with E-state index in [0.29, 0.717) is 0 Å². The average molecular weight is 814 g/mol. The third-order valence-corrected chi connectivity index (χ3v) is 13.1. The second-order valence-corrected chi connectivity index (χ2v) is 16.7. The van der Waals surface area contributed by atoms with Gasteiger partial charge < -0.3 is 9.47 Å². The lowest BCUT2D eigenvalue weighted by Gasteiger charge is -2.27. The summed E-state index contributed by atoms with van der Waals surface area (Å²) < 4.78 is 2.49. The molecule has 0 N–H and O–H groups in total. The van der Waals surface area contributed by atoms with Gasteiger partial charge in [-0.1, -0.05) is 182 Å². The second-order valence-electron chi connectivity index (χ2n) is 16.7. The van der Waals surface area contributed by atoms with Crippen LogP contribution in [-0.4, -0.2) is 9.55 Å². The smallest absolute Gasteiger partial charge is 0.0788 e. The van der Waals surface area contributed by atoms with E-state index < -0.39 is 0 Å². The molecule has 0 atom stereocenters. The van der Waals surface area contributed by atoms with Crippen molar-refractivity contribution in [3.63, 3.8) is 0 Å². The van der Waals surface area contributed by atoms with Gasteiger partial charge in [0.2, 0.25) is 0 Å². The largest absolute Gasteiger partial charge is 0.309 e. The zero-order valence-electron chi connectivity index (χ0n) is 34.9. The highest BCUT2D eigenvalue weighted by Gasteiger charge is 2.31. The van der Waals surface area contributed by atoms with Gasteiger partial charge >= 0.3 is 0 Å². The minimum absolute atomic E-state index is 0.982. The summed E-state index contributed by atoms with van der Waals surface area (Å²) in [5.74, 6) is 0. The maximum absolute atomic E-state index is 5.32. The van der Waals surface area contributed by atoms with Crippen LogP contribution in [0.1, 0.15) is 0 Å². The van der Waals surface area contributed by atoms with Crippen LogP contribution in [0.2, 0.25) is 0 Å². The summed E-state index contributed by atoms with van der Waals surface area (Å²) in [5, 5.41) is 7.21. The van der Waals surface area contributed by atoms with Gasteiger partial charge in [0.05, 0.1) is 33.8 Å². The predicted octanol–water partition coefficient (Wildman–Crippen LogP) is 16.6. The van der Waals surface area contributed by atoms with Crippen molar-refractivity contribution >= 4 is 60.4 Å². The molecular weight excluding hydrogens is 775 g/mol.